The molecule has 5 heteroatoms. The number of carbonyl (C=O) groups excluding carboxylic acids is 1. The van der Waals surface area contributed by atoms with Gasteiger partial charge in [-0.25, -0.2) is 0 Å². The lowest BCUT2D eigenvalue weighted by atomic mass is 10.1. The van der Waals surface area contributed by atoms with Crippen LogP contribution in [0, 0.1) is 24.0 Å². The van der Waals surface area contributed by atoms with Gasteiger partial charge >= 0.3 is 0 Å². The lowest BCUT2D eigenvalue weighted by Gasteiger charge is -2.07. The molecule has 5 nitrogen and oxygen atoms in total. The lowest BCUT2D eigenvalue weighted by molar-refractivity contribution is -0.384. The summed E-state index contributed by atoms with van der Waals surface area (Å²) in [6.45, 7) is 3.94. The Kier molecular flexibility index (Phi) is 3.79. The normalized spacial score (nSPS) is 10.1. The summed E-state index contributed by atoms with van der Waals surface area (Å²) < 4.78 is 0. The number of non-ortho nitro benzene ring substituents is 1. The summed E-state index contributed by atoms with van der Waals surface area (Å²) in [6, 6.07) is 11.2. The minimum absolute atomic E-state index is 0.0993. The highest BCUT2D eigenvalue weighted by atomic mass is 16.6. The zero-order chi connectivity index (χ0) is 14.7. The molecule has 0 unspecified atom stereocenters. The van der Waals surface area contributed by atoms with Crippen LogP contribution in [0.5, 0.6) is 0 Å². The Bertz CT molecular complexity index is 681. The van der Waals surface area contributed by atoms with Crippen LogP contribution in [-0.2, 0) is 0 Å². The van der Waals surface area contributed by atoms with E-state index in [9.17, 15) is 14.9 Å². The summed E-state index contributed by atoms with van der Waals surface area (Å²) in [5.41, 5.74) is 3.04. The Labute approximate surface area is 116 Å². The number of benzene rings is 2. The van der Waals surface area contributed by atoms with Gasteiger partial charge in [0.25, 0.3) is 11.6 Å². The molecule has 0 spiro atoms. The summed E-state index contributed by atoms with van der Waals surface area (Å²) in [4.78, 5) is 22.2. The second-order valence-corrected chi connectivity index (χ2v) is 4.56. The first-order chi connectivity index (χ1) is 9.47. The number of aryl methyl sites for hydroxylation is 2. The summed E-state index contributed by atoms with van der Waals surface area (Å²) in [5.74, 6) is -0.364. The van der Waals surface area contributed by atoms with Crippen LogP contribution in [0.1, 0.15) is 21.5 Å². The third kappa shape index (κ3) is 3.00. The molecule has 0 saturated carbocycles. The van der Waals surface area contributed by atoms with Crippen LogP contribution in [0.25, 0.3) is 0 Å². The highest BCUT2D eigenvalue weighted by molar-refractivity contribution is 6.04. The van der Waals surface area contributed by atoms with Gasteiger partial charge in [-0.2, -0.15) is 0 Å². The van der Waals surface area contributed by atoms with Crippen molar-refractivity contribution in [2.45, 2.75) is 13.8 Å². The number of nitro benzene ring substituents is 1. The number of nitrogens with one attached hydrogen (secondary N) is 1. The molecule has 0 saturated heterocycles. The number of nitrogens with zero attached hydrogens (tertiary/aromatic N) is 1. The Balaban J connectivity index is 2.21. The Morgan fingerprint density at radius 3 is 2.50 bits per heavy atom. The van der Waals surface area contributed by atoms with Crippen LogP contribution < -0.4 is 5.32 Å². The Hall–Kier alpha value is -2.69. The number of hydrogen-bond acceptors (Lipinski definition) is 3. The highest BCUT2D eigenvalue weighted by Gasteiger charge is 2.11. The van der Waals surface area contributed by atoms with E-state index in [4.69, 9.17) is 0 Å². The molecular weight excluding hydrogens is 256 g/mol. The van der Waals surface area contributed by atoms with Gasteiger partial charge in [0.15, 0.2) is 0 Å². The zero-order valence-corrected chi connectivity index (χ0v) is 11.2. The van der Waals surface area contributed by atoms with Crippen molar-refractivity contribution >= 4 is 17.3 Å². The molecule has 0 atom stereocenters. The van der Waals surface area contributed by atoms with Crippen molar-refractivity contribution in [1.29, 1.82) is 0 Å². The topological polar surface area (TPSA) is 72.2 Å². The summed E-state index contributed by atoms with van der Waals surface area (Å²) in [7, 11) is 0. The van der Waals surface area contributed by atoms with Crippen molar-refractivity contribution in [3.05, 3.63) is 69.3 Å². The van der Waals surface area contributed by atoms with Crippen molar-refractivity contribution in [2.75, 3.05) is 5.32 Å². The van der Waals surface area contributed by atoms with E-state index >= 15 is 0 Å². The van der Waals surface area contributed by atoms with E-state index in [1.807, 2.05) is 26.0 Å². The van der Waals surface area contributed by atoms with Crippen molar-refractivity contribution in [3.8, 4) is 0 Å². The van der Waals surface area contributed by atoms with Gasteiger partial charge in [-0.3, -0.25) is 14.9 Å². The fraction of sp³-hybridized carbons (Fsp3) is 0.133. The van der Waals surface area contributed by atoms with Gasteiger partial charge in [0.2, 0.25) is 0 Å². The second kappa shape index (κ2) is 5.52. The van der Waals surface area contributed by atoms with E-state index in [-0.39, 0.29) is 17.2 Å². The summed E-state index contributed by atoms with van der Waals surface area (Å²) >= 11 is 0. The first-order valence-corrected chi connectivity index (χ1v) is 6.10. The molecule has 1 amide bonds. The van der Waals surface area contributed by atoms with E-state index < -0.39 is 4.92 Å². The maximum Gasteiger partial charge on any atom is 0.270 e. The summed E-state index contributed by atoms with van der Waals surface area (Å²) in [6.07, 6.45) is 0. The zero-order valence-electron chi connectivity index (χ0n) is 11.2. The van der Waals surface area contributed by atoms with E-state index in [0.717, 1.165) is 11.1 Å². The molecule has 0 fully saturated rings. The fourth-order valence-electron chi connectivity index (χ4n) is 1.78. The number of anilines is 1. The molecule has 0 bridgehead atoms. The minimum atomic E-state index is -0.521. The molecule has 0 aliphatic rings. The molecule has 0 aromatic heterocycles. The predicted octanol–water partition coefficient (Wildman–Crippen LogP) is 3.46. The van der Waals surface area contributed by atoms with E-state index in [0.29, 0.717) is 5.69 Å². The minimum Gasteiger partial charge on any atom is -0.322 e. The quantitative estimate of drug-likeness (QED) is 0.685. The molecule has 20 heavy (non-hydrogen) atoms. The molecule has 2 aromatic rings. The van der Waals surface area contributed by atoms with Gasteiger partial charge in [0.05, 0.1) is 4.92 Å². The number of rotatable bonds is 3. The van der Waals surface area contributed by atoms with Crippen molar-refractivity contribution in [1.82, 2.24) is 0 Å². The largest absolute Gasteiger partial charge is 0.322 e. The molecular formula is C15H14N2O3. The maximum atomic E-state index is 12.1. The van der Waals surface area contributed by atoms with Gasteiger partial charge in [0, 0.05) is 23.4 Å². The maximum absolute atomic E-state index is 12.1. The van der Waals surface area contributed by atoms with Gasteiger partial charge in [-0.05, 0) is 43.2 Å². The number of nitro groups is 1. The molecule has 0 heterocycles. The van der Waals surface area contributed by atoms with Gasteiger partial charge in [-0.15, -0.1) is 0 Å². The molecule has 1 N–H and O–H groups in total. The smallest absolute Gasteiger partial charge is 0.270 e. The third-order valence-electron chi connectivity index (χ3n) is 3.08. The third-order valence-corrected chi connectivity index (χ3v) is 3.08. The van der Waals surface area contributed by atoms with Crippen LogP contribution in [0.2, 0.25) is 0 Å². The van der Waals surface area contributed by atoms with Gasteiger partial charge < -0.3 is 5.32 Å². The number of carbonyl (C=O) groups is 1. The van der Waals surface area contributed by atoms with Gasteiger partial charge in [0.1, 0.15) is 0 Å². The van der Waals surface area contributed by atoms with E-state index in [1.54, 1.807) is 12.1 Å². The van der Waals surface area contributed by atoms with Crippen LogP contribution in [0.15, 0.2) is 42.5 Å². The first-order valence-electron chi connectivity index (χ1n) is 6.10. The highest BCUT2D eigenvalue weighted by Crippen LogP contribution is 2.17. The molecule has 0 aliphatic heterocycles. The number of amides is 1. The van der Waals surface area contributed by atoms with Crippen LogP contribution in [0.4, 0.5) is 11.4 Å². The first kappa shape index (κ1) is 13.7. The van der Waals surface area contributed by atoms with Crippen LogP contribution in [0.3, 0.4) is 0 Å². The monoisotopic (exact) mass is 270 g/mol. The summed E-state index contributed by atoms with van der Waals surface area (Å²) in [5, 5.41) is 13.4. The van der Waals surface area contributed by atoms with E-state index in [1.165, 1.54) is 18.2 Å². The van der Waals surface area contributed by atoms with Gasteiger partial charge in [-0.1, -0.05) is 12.1 Å². The van der Waals surface area contributed by atoms with E-state index in [2.05, 4.69) is 5.32 Å². The molecule has 0 radical (unpaired) electrons. The molecule has 0 aliphatic carbocycles. The molecule has 2 aromatic carbocycles. The van der Waals surface area contributed by atoms with Crippen molar-refractivity contribution in [3.63, 3.8) is 0 Å². The molecule has 2 rings (SSSR count). The number of hydrogen-bond donors (Lipinski definition) is 1. The molecule has 102 valence electrons. The lowest BCUT2D eigenvalue weighted by Crippen LogP contribution is -2.12. The van der Waals surface area contributed by atoms with Crippen LogP contribution >= 0.6 is 0 Å². The Morgan fingerprint density at radius 2 is 1.85 bits per heavy atom. The fourth-order valence-corrected chi connectivity index (χ4v) is 1.78. The van der Waals surface area contributed by atoms with Crippen molar-refractivity contribution < 1.29 is 9.72 Å². The van der Waals surface area contributed by atoms with Crippen LogP contribution in [-0.4, -0.2) is 10.8 Å². The Morgan fingerprint density at radius 1 is 1.10 bits per heavy atom. The van der Waals surface area contributed by atoms with Crippen molar-refractivity contribution in [2.24, 2.45) is 0 Å². The predicted molar refractivity (Wildman–Crippen MR) is 77.0 cm³/mol. The average Bonchev–Trinajstić information content (AvgIpc) is 2.43. The standard InChI is InChI=1S/C15H14N2O3/c1-10-6-7-13(8-11(10)2)16-15(18)12-4-3-5-14(9-12)17(19)20/h3-9H,1-2H3,(H,16,18). The second-order valence-electron chi connectivity index (χ2n) is 4.56. The SMILES string of the molecule is Cc1ccc(NC(=O)c2cccc([N+](=O)[O-])c2)cc1C. The average molecular weight is 270 g/mol.